The minimum absolute atomic E-state index is 0.0147. The highest BCUT2D eigenvalue weighted by molar-refractivity contribution is 7.89. The Morgan fingerprint density at radius 1 is 0.865 bits per heavy atom. The molecule has 0 unspecified atom stereocenters. The fraction of sp³-hybridized carbons (Fsp3) is 0.400. The number of amidine groups is 1. The van der Waals surface area contributed by atoms with Crippen LogP contribution in [0.5, 0.6) is 11.5 Å². The van der Waals surface area contributed by atoms with Crippen molar-refractivity contribution in [1.29, 1.82) is 0 Å². The van der Waals surface area contributed by atoms with Gasteiger partial charge in [0.2, 0.25) is 0 Å². The number of amides is 3. The van der Waals surface area contributed by atoms with Gasteiger partial charge < -0.3 is 14.4 Å². The number of halogens is 2. The van der Waals surface area contributed by atoms with Crippen LogP contribution in [0.25, 0.3) is 0 Å². The van der Waals surface area contributed by atoms with Crippen LogP contribution < -0.4 is 9.47 Å². The molecule has 52 heavy (non-hydrogen) atoms. The Kier molecular flexibility index (Phi) is 12.7. The van der Waals surface area contributed by atoms with Crippen LogP contribution in [-0.4, -0.2) is 125 Å². The van der Waals surface area contributed by atoms with Crippen LogP contribution >= 0.6 is 23.2 Å². The number of benzene rings is 3. The molecule has 2 heterocycles. The van der Waals surface area contributed by atoms with Crippen molar-refractivity contribution < 1.29 is 37.2 Å². The highest BCUT2D eigenvalue weighted by atomic mass is 35.5. The van der Waals surface area contributed by atoms with Gasteiger partial charge in [-0.3, -0.25) is 29.3 Å². The van der Waals surface area contributed by atoms with Gasteiger partial charge in [0.15, 0.2) is 0 Å². The van der Waals surface area contributed by atoms with Crippen molar-refractivity contribution in [2.75, 3.05) is 74.8 Å². The molecule has 2 atom stereocenters. The molecule has 0 aromatic heterocycles. The van der Waals surface area contributed by atoms with E-state index in [1.807, 2.05) is 29.2 Å². The number of methoxy groups -OCH3 is 1. The van der Waals surface area contributed by atoms with E-state index in [1.165, 1.54) is 45.6 Å². The normalized spacial score (nSPS) is 18.1. The van der Waals surface area contributed by atoms with Gasteiger partial charge in [-0.25, -0.2) is 18.3 Å². The molecule has 17 heteroatoms. The average molecular weight is 778 g/mol. The summed E-state index contributed by atoms with van der Waals surface area (Å²) in [6.45, 7) is 3.63. The van der Waals surface area contributed by atoms with Crippen molar-refractivity contribution in [2.45, 2.75) is 23.9 Å². The molecule has 280 valence electrons. The summed E-state index contributed by atoms with van der Waals surface area (Å²) in [6.07, 6.45) is 0. The fourth-order valence-corrected chi connectivity index (χ4v) is 7.47. The average Bonchev–Trinajstić information content (AvgIpc) is 3.54. The molecule has 5 rings (SSSR count). The van der Waals surface area contributed by atoms with Crippen LogP contribution in [0.1, 0.15) is 35.7 Å². The molecule has 0 radical (unpaired) electrons. The number of urea groups is 1. The van der Waals surface area contributed by atoms with E-state index in [4.69, 9.17) is 47.3 Å². The van der Waals surface area contributed by atoms with Crippen molar-refractivity contribution in [2.24, 2.45) is 4.99 Å². The van der Waals surface area contributed by atoms with Crippen LogP contribution in [0.4, 0.5) is 4.79 Å². The van der Waals surface area contributed by atoms with Crippen LogP contribution in [0.15, 0.2) is 70.6 Å². The molecule has 0 spiro atoms. The van der Waals surface area contributed by atoms with E-state index in [2.05, 4.69) is 0 Å². The number of hydrogen-bond acceptors (Lipinski definition) is 10. The Bertz CT molecular complexity index is 1890. The van der Waals surface area contributed by atoms with Crippen molar-refractivity contribution in [3.05, 3.63) is 87.4 Å². The lowest BCUT2D eigenvalue weighted by Gasteiger charge is -2.39. The lowest BCUT2D eigenvalue weighted by atomic mass is 9.93. The van der Waals surface area contributed by atoms with Crippen molar-refractivity contribution >= 4 is 51.0 Å². The van der Waals surface area contributed by atoms with Gasteiger partial charge in [0.25, 0.3) is 15.9 Å². The number of sulfonamides is 1. The molecule has 1 saturated heterocycles. The van der Waals surface area contributed by atoms with Gasteiger partial charge in [-0.15, -0.1) is 0 Å². The Morgan fingerprint density at radius 2 is 1.46 bits per heavy atom. The molecule has 3 aromatic rings. The predicted molar refractivity (Wildman–Crippen MR) is 196 cm³/mol. The lowest BCUT2D eigenvalue weighted by Crippen LogP contribution is -2.55. The van der Waals surface area contributed by atoms with Crippen molar-refractivity contribution in [3.8, 4) is 11.5 Å². The van der Waals surface area contributed by atoms with Gasteiger partial charge in [0.05, 0.1) is 46.1 Å². The Hall–Kier alpha value is -3.96. The van der Waals surface area contributed by atoms with E-state index >= 15 is 0 Å². The SMILES string of the molecule is CCOc1cc(OC)c(S(=O)(=O)N(C)OC)cc1C1=N[C@@H](c2ccc(Cl)cc2)[C@@H](c2ccc(Cl)cc2)N1C(=O)N1CCN(CC(=O)N(C)OC)CC1. The number of carbonyl (C=O) groups excluding carboxylic acids is 2. The summed E-state index contributed by atoms with van der Waals surface area (Å²) in [6, 6.07) is 15.5. The standard InChI is InChI=1S/C35H42Cl2N6O8S/c1-7-51-28-21-29(48-4)30(52(46,47)40(3)50-6)20-27(28)34-38-32(23-8-12-25(36)13-9-23)33(24-10-14-26(37)15-11-24)43(34)35(45)42-18-16-41(17-19-42)22-31(44)39(2)49-5/h8-15,20-21,32-33H,7,16-19,22H2,1-6H3/t32-,33+/m0/s1. The molecule has 0 saturated carbocycles. The van der Waals surface area contributed by atoms with E-state index in [1.54, 1.807) is 48.0 Å². The zero-order valence-electron chi connectivity index (χ0n) is 29.8. The number of hydrogen-bond donors (Lipinski definition) is 0. The molecule has 2 aliphatic heterocycles. The molecular weight excluding hydrogens is 735 g/mol. The summed E-state index contributed by atoms with van der Waals surface area (Å²) in [4.78, 5) is 47.8. The zero-order valence-corrected chi connectivity index (χ0v) is 32.1. The largest absolute Gasteiger partial charge is 0.495 e. The summed E-state index contributed by atoms with van der Waals surface area (Å²) in [5, 5.41) is 2.21. The second-order valence-electron chi connectivity index (χ2n) is 12.0. The number of piperazine rings is 1. The number of ether oxygens (including phenoxy) is 2. The molecule has 1 fully saturated rings. The maximum Gasteiger partial charge on any atom is 0.326 e. The van der Waals surface area contributed by atoms with Crippen molar-refractivity contribution in [1.82, 2.24) is 24.2 Å². The number of carbonyl (C=O) groups is 2. The third kappa shape index (κ3) is 8.15. The quantitative estimate of drug-likeness (QED) is 0.236. The first kappa shape index (κ1) is 39.3. The molecule has 14 nitrogen and oxygen atoms in total. The van der Waals surface area contributed by atoms with E-state index in [9.17, 15) is 18.0 Å². The van der Waals surface area contributed by atoms with Gasteiger partial charge in [-0.1, -0.05) is 51.9 Å². The molecule has 0 aliphatic carbocycles. The maximum atomic E-state index is 15.0. The third-order valence-electron chi connectivity index (χ3n) is 9.00. The summed E-state index contributed by atoms with van der Waals surface area (Å²) in [5.41, 5.74) is 1.75. The summed E-state index contributed by atoms with van der Waals surface area (Å²) in [7, 11) is 2.57. The number of aliphatic imine (C=N–C) groups is 1. The van der Waals surface area contributed by atoms with Crippen LogP contribution in [0.2, 0.25) is 10.0 Å². The highest BCUT2D eigenvalue weighted by Gasteiger charge is 2.45. The summed E-state index contributed by atoms with van der Waals surface area (Å²) < 4.78 is 39.8. The first-order valence-corrected chi connectivity index (χ1v) is 18.6. The summed E-state index contributed by atoms with van der Waals surface area (Å²) in [5.74, 6) is 0.248. The monoisotopic (exact) mass is 776 g/mol. The molecule has 0 bridgehead atoms. The molecule has 3 amide bonds. The number of likely N-dealkylation sites (N-methyl/N-ethyl adjacent to an activating group) is 1. The van der Waals surface area contributed by atoms with Crippen LogP contribution in [0, 0.1) is 0 Å². The summed E-state index contributed by atoms with van der Waals surface area (Å²) >= 11 is 12.6. The molecule has 0 N–H and O–H groups in total. The Balaban J connectivity index is 1.68. The minimum atomic E-state index is -4.25. The molecular formula is C35H42Cl2N6O8S. The first-order chi connectivity index (χ1) is 24.8. The fourth-order valence-electron chi connectivity index (χ4n) is 6.09. The second-order valence-corrected chi connectivity index (χ2v) is 14.7. The molecule has 3 aromatic carbocycles. The second kappa shape index (κ2) is 16.8. The van der Waals surface area contributed by atoms with E-state index in [-0.39, 0.29) is 52.9 Å². The van der Waals surface area contributed by atoms with Gasteiger partial charge in [0, 0.05) is 56.4 Å². The van der Waals surface area contributed by atoms with Gasteiger partial charge >= 0.3 is 6.03 Å². The highest BCUT2D eigenvalue weighted by Crippen LogP contribution is 2.46. The first-order valence-electron chi connectivity index (χ1n) is 16.4. The molecule has 2 aliphatic rings. The van der Waals surface area contributed by atoms with E-state index in [0.29, 0.717) is 36.2 Å². The third-order valence-corrected chi connectivity index (χ3v) is 11.2. The number of hydroxylamine groups is 3. The van der Waals surface area contributed by atoms with Gasteiger partial charge in [-0.2, -0.15) is 0 Å². The lowest BCUT2D eigenvalue weighted by molar-refractivity contribution is -0.170. The van der Waals surface area contributed by atoms with Crippen molar-refractivity contribution in [3.63, 3.8) is 0 Å². The minimum Gasteiger partial charge on any atom is -0.495 e. The Morgan fingerprint density at radius 3 is 2.00 bits per heavy atom. The maximum absolute atomic E-state index is 15.0. The predicted octanol–water partition coefficient (Wildman–Crippen LogP) is 4.88. The van der Waals surface area contributed by atoms with E-state index in [0.717, 1.165) is 15.6 Å². The van der Waals surface area contributed by atoms with Gasteiger partial charge in [0.1, 0.15) is 28.3 Å². The number of nitrogens with zero attached hydrogens (tertiary/aromatic N) is 6. The smallest absolute Gasteiger partial charge is 0.326 e. The van der Waals surface area contributed by atoms with Crippen LogP contribution in [0.3, 0.4) is 0 Å². The zero-order chi connectivity index (χ0) is 37.7. The number of rotatable bonds is 12. The topological polar surface area (TPSA) is 134 Å². The Labute approximate surface area is 313 Å². The van der Waals surface area contributed by atoms with E-state index < -0.39 is 22.1 Å². The van der Waals surface area contributed by atoms with Crippen LogP contribution in [-0.2, 0) is 24.5 Å². The van der Waals surface area contributed by atoms with Gasteiger partial charge in [-0.05, 0) is 48.4 Å².